The number of carbonyl (C=O) groups is 1. The van der Waals surface area contributed by atoms with E-state index in [4.69, 9.17) is 5.11 Å². The molecule has 0 spiro atoms. The zero-order valence-corrected chi connectivity index (χ0v) is 12.2. The average molecular weight is 355 g/mol. The number of pyridine rings is 1. The van der Waals surface area contributed by atoms with Crippen LogP contribution >= 0.6 is 27.7 Å². The number of halogens is 1. The summed E-state index contributed by atoms with van der Waals surface area (Å²) in [5.41, 5.74) is -0.153. The van der Waals surface area contributed by atoms with Crippen LogP contribution in [0, 0.1) is 10.1 Å². The lowest BCUT2D eigenvalue weighted by atomic mass is 10.2. The normalized spacial score (nSPS) is 10.2. The van der Waals surface area contributed by atoms with Crippen LogP contribution in [-0.4, -0.2) is 21.0 Å². The van der Waals surface area contributed by atoms with Crippen molar-refractivity contribution >= 4 is 39.3 Å². The fourth-order valence-electron chi connectivity index (χ4n) is 1.42. The molecular weight excluding hydrogens is 348 g/mol. The van der Waals surface area contributed by atoms with Gasteiger partial charge in [0.05, 0.1) is 10.5 Å². The summed E-state index contributed by atoms with van der Waals surface area (Å²) in [6, 6.07) is 7.08. The molecule has 20 heavy (non-hydrogen) atoms. The van der Waals surface area contributed by atoms with Gasteiger partial charge in [-0.2, -0.15) is 0 Å². The first-order chi connectivity index (χ1) is 9.47. The number of nitro benzene ring substituents is 1. The quantitative estimate of drug-likeness (QED) is 0.665. The summed E-state index contributed by atoms with van der Waals surface area (Å²) >= 11 is 4.31. The molecule has 0 amide bonds. The van der Waals surface area contributed by atoms with Crippen molar-refractivity contribution < 1.29 is 14.8 Å². The van der Waals surface area contributed by atoms with Gasteiger partial charge < -0.3 is 5.11 Å². The predicted molar refractivity (Wildman–Crippen MR) is 76.1 cm³/mol. The molecule has 2 rings (SSSR count). The maximum atomic E-state index is 11.1. The number of nitrogens with zero attached hydrogens (tertiary/aromatic N) is 2. The smallest absolute Gasteiger partial charge is 0.336 e. The van der Waals surface area contributed by atoms with E-state index in [2.05, 4.69) is 20.9 Å². The topological polar surface area (TPSA) is 93.3 Å². The number of nitro groups is 1. The minimum absolute atomic E-state index is 0.00492. The number of rotatable bonds is 4. The Labute approximate surface area is 126 Å². The van der Waals surface area contributed by atoms with Crippen molar-refractivity contribution in [1.29, 1.82) is 0 Å². The zero-order valence-electron chi connectivity index (χ0n) is 9.82. The molecule has 0 unspecified atom stereocenters. The molecule has 8 heteroatoms. The SMILES string of the molecule is O=C(O)c1ccc([N+](=O)[O-])cc1Sc1ccc(Br)cn1. The third kappa shape index (κ3) is 3.34. The summed E-state index contributed by atoms with van der Waals surface area (Å²) < 4.78 is 0.791. The molecule has 6 nitrogen and oxygen atoms in total. The molecule has 0 saturated carbocycles. The number of aromatic carboxylic acids is 1. The van der Waals surface area contributed by atoms with E-state index < -0.39 is 10.9 Å². The van der Waals surface area contributed by atoms with Gasteiger partial charge in [-0.05, 0) is 34.1 Å². The third-order valence-corrected chi connectivity index (χ3v) is 3.80. The van der Waals surface area contributed by atoms with Gasteiger partial charge in [0.15, 0.2) is 0 Å². The molecule has 0 aliphatic heterocycles. The van der Waals surface area contributed by atoms with Crippen molar-refractivity contribution in [2.24, 2.45) is 0 Å². The first-order valence-corrected chi connectivity index (χ1v) is 6.89. The summed E-state index contributed by atoms with van der Waals surface area (Å²) in [5.74, 6) is -1.14. The van der Waals surface area contributed by atoms with Crippen molar-refractivity contribution in [2.45, 2.75) is 9.92 Å². The number of aromatic nitrogens is 1. The number of hydrogen-bond acceptors (Lipinski definition) is 5. The summed E-state index contributed by atoms with van der Waals surface area (Å²) in [5, 5.41) is 20.4. The molecular formula is C12H7BrN2O4S. The minimum atomic E-state index is -1.14. The van der Waals surface area contributed by atoms with Gasteiger partial charge in [-0.3, -0.25) is 10.1 Å². The van der Waals surface area contributed by atoms with Crippen molar-refractivity contribution in [2.75, 3.05) is 0 Å². The van der Waals surface area contributed by atoms with Crippen LogP contribution in [0.3, 0.4) is 0 Å². The van der Waals surface area contributed by atoms with Crippen molar-refractivity contribution in [1.82, 2.24) is 4.98 Å². The molecule has 2 aromatic rings. The maximum absolute atomic E-state index is 11.1. The van der Waals surface area contributed by atoms with Crippen LogP contribution in [0.1, 0.15) is 10.4 Å². The monoisotopic (exact) mass is 354 g/mol. The minimum Gasteiger partial charge on any atom is -0.478 e. The predicted octanol–water partition coefficient (Wildman–Crippen LogP) is 3.60. The standard InChI is InChI=1S/C12H7BrN2O4S/c13-7-1-4-11(14-6-7)20-10-5-8(15(18)19)2-3-9(10)12(16)17/h1-6H,(H,16,17). The molecule has 0 bridgehead atoms. The Bertz CT molecular complexity index is 676. The molecule has 1 aromatic heterocycles. The lowest BCUT2D eigenvalue weighted by Crippen LogP contribution is -2.00. The van der Waals surface area contributed by atoms with Gasteiger partial charge in [0.2, 0.25) is 0 Å². The third-order valence-electron chi connectivity index (χ3n) is 2.32. The van der Waals surface area contributed by atoms with Crippen molar-refractivity contribution in [3.05, 3.63) is 56.7 Å². The van der Waals surface area contributed by atoms with Crippen LogP contribution in [-0.2, 0) is 0 Å². The lowest BCUT2D eigenvalue weighted by molar-refractivity contribution is -0.385. The van der Waals surface area contributed by atoms with Gasteiger partial charge in [-0.1, -0.05) is 11.8 Å². The van der Waals surface area contributed by atoms with E-state index in [9.17, 15) is 14.9 Å². The second-order valence-electron chi connectivity index (χ2n) is 3.66. The van der Waals surface area contributed by atoms with Gasteiger partial charge in [0.25, 0.3) is 5.69 Å². The van der Waals surface area contributed by atoms with Crippen LogP contribution in [0.4, 0.5) is 5.69 Å². The van der Waals surface area contributed by atoms with E-state index in [1.54, 1.807) is 18.3 Å². The van der Waals surface area contributed by atoms with Gasteiger partial charge in [0, 0.05) is 27.7 Å². The molecule has 0 atom stereocenters. The van der Waals surface area contributed by atoms with E-state index in [0.717, 1.165) is 16.2 Å². The Hall–Kier alpha value is -1.93. The molecule has 0 saturated heterocycles. The molecule has 1 heterocycles. The van der Waals surface area contributed by atoms with E-state index >= 15 is 0 Å². The van der Waals surface area contributed by atoms with E-state index in [1.807, 2.05) is 0 Å². The summed E-state index contributed by atoms with van der Waals surface area (Å²) in [6.45, 7) is 0. The van der Waals surface area contributed by atoms with E-state index in [-0.39, 0.29) is 16.1 Å². The Balaban J connectivity index is 2.41. The molecule has 102 valence electrons. The first kappa shape index (κ1) is 14.5. The van der Waals surface area contributed by atoms with Crippen molar-refractivity contribution in [3.63, 3.8) is 0 Å². The highest BCUT2D eigenvalue weighted by Gasteiger charge is 2.16. The van der Waals surface area contributed by atoms with Crippen molar-refractivity contribution in [3.8, 4) is 0 Å². The lowest BCUT2D eigenvalue weighted by Gasteiger charge is -2.05. The van der Waals surface area contributed by atoms with Gasteiger partial charge in [-0.15, -0.1) is 0 Å². The highest BCUT2D eigenvalue weighted by molar-refractivity contribution is 9.10. The van der Waals surface area contributed by atoms with Crippen LogP contribution in [0.2, 0.25) is 0 Å². The molecule has 0 aliphatic carbocycles. The molecule has 0 aliphatic rings. The zero-order chi connectivity index (χ0) is 14.7. The van der Waals surface area contributed by atoms with Gasteiger partial charge in [0.1, 0.15) is 5.03 Å². The Morgan fingerprint density at radius 2 is 2.10 bits per heavy atom. The molecule has 1 N–H and O–H groups in total. The van der Waals surface area contributed by atoms with Crippen LogP contribution in [0.15, 0.2) is 50.9 Å². The van der Waals surface area contributed by atoms with E-state index in [1.165, 1.54) is 18.2 Å². The Morgan fingerprint density at radius 3 is 2.65 bits per heavy atom. The van der Waals surface area contributed by atoms with Crippen LogP contribution < -0.4 is 0 Å². The number of carboxylic acids is 1. The molecule has 0 fully saturated rings. The number of hydrogen-bond donors (Lipinski definition) is 1. The summed E-state index contributed by atoms with van der Waals surface area (Å²) in [7, 11) is 0. The Kier molecular flexibility index (Phi) is 4.35. The summed E-state index contributed by atoms with van der Waals surface area (Å²) in [4.78, 5) is 25.7. The second kappa shape index (κ2) is 6.02. The number of carboxylic acid groups (broad SMARTS) is 1. The van der Waals surface area contributed by atoms with Crippen LogP contribution in [0.5, 0.6) is 0 Å². The number of non-ortho nitro benzene ring substituents is 1. The average Bonchev–Trinajstić information content (AvgIpc) is 2.41. The maximum Gasteiger partial charge on any atom is 0.336 e. The molecule has 1 aromatic carbocycles. The van der Waals surface area contributed by atoms with E-state index in [0.29, 0.717) is 5.03 Å². The highest BCUT2D eigenvalue weighted by atomic mass is 79.9. The fraction of sp³-hybridized carbons (Fsp3) is 0. The fourth-order valence-corrected chi connectivity index (χ4v) is 2.57. The highest BCUT2D eigenvalue weighted by Crippen LogP contribution is 2.32. The van der Waals surface area contributed by atoms with Gasteiger partial charge in [-0.25, -0.2) is 9.78 Å². The molecule has 0 radical (unpaired) electrons. The first-order valence-electron chi connectivity index (χ1n) is 5.28. The Morgan fingerprint density at radius 1 is 1.35 bits per heavy atom. The van der Waals surface area contributed by atoms with Crippen LogP contribution in [0.25, 0.3) is 0 Å². The summed E-state index contributed by atoms with van der Waals surface area (Å²) in [6.07, 6.45) is 1.57. The number of benzene rings is 1. The second-order valence-corrected chi connectivity index (χ2v) is 5.64. The van der Waals surface area contributed by atoms with Gasteiger partial charge >= 0.3 is 5.97 Å². The largest absolute Gasteiger partial charge is 0.478 e.